The smallest absolute Gasteiger partial charge is 0.343 e. The largest absolute Gasteiger partial charge is 0.429 e. The number of rotatable bonds is 0. The molecule has 0 saturated carbocycles. The van der Waals surface area contributed by atoms with Gasteiger partial charge in [-0.2, -0.15) is 0 Å². The van der Waals surface area contributed by atoms with Gasteiger partial charge in [0, 0.05) is 6.42 Å². The molecule has 0 N–H and O–H groups in total. The molecule has 1 saturated heterocycles. The zero-order chi connectivity index (χ0) is 10.9. The standard InChI is InChI=1S/C10H16F2O2/c1-10(2,3)6-4-7(11)9(13)14-8(12)5-6/h6-8H,4-5H2,1-3H3/t6-,7-,8+/m0/s1. The van der Waals surface area contributed by atoms with Gasteiger partial charge in [-0.25, -0.2) is 13.6 Å². The summed E-state index contributed by atoms with van der Waals surface area (Å²) < 4.78 is 30.5. The first kappa shape index (κ1) is 11.4. The quantitative estimate of drug-likeness (QED) is 0.569. The number of halogens is 2. The molecule has 14 heavy (non-hydrogen) atoms. The molecule has 0 aromatic heterocycles. The van der Waals surface area contributed by atoms with Gasteiger partial charge in [-0.1, -0.05) is 20.8 Å². The Labute approximate surface area is 82.6 Å². The van der Waals surface area contributed by atoms with Gasteiger partial charge in [-0.15, -0.1) is 0 Å². The fourth-order valence-corrected chi connectivity index (χ4v) is 1.62. The molecule has 2 nitrogen and oxygen atoms in total. The van der Waals surface area contributed by atoms with Crippen LogP contribution in [0.4, 0.5) is 8.78 Å². The molecule has 0 aromatic carbocycles. The molecule has 82 valence electrons. The molecule has 0 spiro atoms. The lowest BCUT2D eigenvalue weighted by Gasteiger charge is -2.29. The highest BCUT2D eigenvalue weighted by Gasteiger charge is 2.37. The summed E-state index contributed by atoms with van der Waals surface area (Å²) in [5, 5.41) is 0. The number of hydrogen-bond acceptors (Lipinski definition) is 2. The van der Waals surface area contributed by atoms with Gasteiger partial charge in [0.1, 0.15) is 0 Å². The van der Waals surface area contributed by atoms with Crippen molar-refractivity contribution in [3.05, 3.63) is 0 Å². The van der Waals surface area contributed by atoms with E-state index in [0.29, 0.717) is 0 Å². The van der Waals surface area contributed by atoms with Gasteiger partial charge in [-0.3, -0.25) is 0 Å². The summed E-state index contributed by atoms with van der Waals surface area (Å²) in [6, 6.07) is 0. The number of esters is 1. The summed E-state index contributed by atoms with van der Waals surface area (Å²) in [6.07, 6.45) is -3.19. The highest BCUT2D eigenvalue weighted by molar-refractivity contribution is 5.74. The number of ether oxygens (including phenoxy) is 1. The van der Waals surface area contributed by atoms with Crippen LogP contribution in [0.1, 0.15) is 33.6 Å². The third kappa shape index (κ3) is 2.66. The Morgan fingerprint density at radius 1 is 1.29 bits per heavy atom. The Balaban J connectivity index is 2.75. The van der Waals surface area contributed by atoms with Gasteiger partial charge in [0.2, 0.25) is 6.36 Å². The second-order valence-corrected chi connectivity index (χ2v) is 4.85. The predicted octanol–water partition coefficient (Wildman–Crippen LogP) is 2.62. The first-order chi connectivity index (χ1) is 6.30. The van der Waals surface area contributed by atoms with Crippen LogP contribution < -0.4 is 0 Å². The maximum Gasteiger partial charge on any atom is 0.343 e. The normalized spacial score (nSPS) is 34.9. The molecule has 3 atom stereocenters. The molecule has 1 rings (SSSR count). The number of carbonyl (C=O) groups excluding carboxylic acids is 1. The van der Waals surface area contributed by atoms with E-state index >= 15 is 0 Å². The molecule has 1 aliphatic rings. The zero-order valence-corrected chi connectivity index (χ0v) is 8.72. The van der Waals surface area contributed by atoms with Crippen molar-refractivity contribution in [1.82, 2.24) is 0 Å². The minimum atomic E-state index is -1.68. The van der Waals surface area contributed by atoms with E-state index in [1.165, 1.54) is 0 Å². The van der Waals surface area contributed by atoms with E-state index in [0.717, 1.165) is 0 Å². The fraction of sp³-hybridized carbons (Fsp3) is 0.900. The van der Waals surface area contributed by atoms with Crippen LogP contribution in [0.5, 0.6) is 0 Å². The summed E-state index contributed by atoms with van der Waals surface area (Å²) in [6.45, 7) is 5.73. The van der Waals surface area contributed by atoms with E-state index in [4.69, 9.17) is 0 Å². The van der Waals surface area contributed by atoms with Crippen LogP contribution in [0.15, 0.2) is 0 Å². The van der Waals surface area contributed by atoms with Gasteiger partial charge in [-0.05, 0) is 17.8 Å². The minimum Gasteiger partial charge on any atom is -0.429 e. The van der Waals surface area contributed by atoms with Gasteiger partial charge in [0.25, 0.3) is 0 Å². The van der Waals surface area contributed by atoms with Crippen molar-refractivity contribution < 1.29 is 18.3 Å². The number of cyclic esters (lactones) is 1. The third-order valence-electron chi connectivity index (χ3n) is 2.69. The zero-order valence-electron chi connectivity index (χ0n) is 8.72. The molecule has 0 aliphatic carbocycles. The lowest BCUT2D eigenvalue weighted by molar-refractivity contribution is -0.161. The Hall–Kier alpha value is -0.670. The monoisotopic (exact) mass is 206 g/mol. The maximum atomic E-state index is 13.1. The van der Waals surface area contributed by atoms with E-state index in [-0.39, 0.29) is 24.2 Å². The van der Waals surface area contributed by atoms with Crippen molar-refractivity contribution in [2.75, 3.05) is 0 Å². The molecule has 0 unspecified atom stereocenters. The SMILES string of the molecule is CC(C)(C)[C@@H]1C[C@H](F)OC(=O)[C@@H](F)C1. The van der Waals surface area contributed by atoms with Gasteiger partial charge < -0.3 is 4.74 Å². The highest BCUT2D eigenvalue weighted by atomic mass is 19.1. The first-order valence-corrected chi connectivity index (χ1v) is 4.79. The maximum absolute atomic E-state index is 13.1. The first-order valence-electron chi connectivity index (χ1n) is 4.79. The van der Waals surface area contributed by atoms with Crippen LogP contribution in [0.25, 0.3) is 0 Å². The summed E-state index contributed by atoms with van der Waals surface area (Å²) >= 11 is 0. The van der Waals surface area contributed by atoms with Crippen LogP contribution in [0, 0.1) is 11.3 Å². The lowest BCUT2D eigenvalue weighted by Crippen LogP contribution is -2.25. The second kappa shape index (κ2) is 3.83. The molecule has 0 amide bonds. The second-order valence-electron chi connectivity index (χ2n) is 4.85. The summed E-state index contributed by atoms with van der Waals surface area (Å²) in [4.78, 5) is 10.9. The van der Waals surface area contributed by atoms with E-state index in [2.05, 4.69) is 4.74 Å². The fourth-order valence-electron chi connectivity index (χ4n) is 1.62. The van der Waals surface area contributed by atoms with Crippen molar-refractivity contribution in [2.45, 2.75) is 46.1 Å². The molecule has 0 radical (unpaired) electrons. The predicted molar refractivity (Wildman–Crippen MR) is 48.1 cm³/mol. The van der Waals surface area contributed by atoms with Crippen LogP contribution in [-0.2, 0) is 9.53 Å². The van der Waals surface area contributed by atoms with Crippen molar-refractivity contribution in [3.63, 3.8) is 0 Å². The van der Waals surface area contributed by atoms with Crippen molar-refractivity contribution in [3.8, 4) is 0 Å². The number of hydrogen-bond donors (Lipinski definition) is 0. The molecule has 1 fully saturated rings. The molecule has 1 aliphatic heterocycles. The van der Waals surface area contributed by atoms with Crippen LogP contribution in [0.3, 0.4) is 0 Å². The molecule has 0 aromatic rings. The number of alkyl halides is 2. The van der Waals surface area contributed by atoms with Gasteiger partial charge in [0.15, 0.2) is 6.17 Å². The van der Waals surface area contributed by atoms with E-state index in [1.807, 2.05) is 20.8 Å². The van der Waals surface area contributed by atoms with Crippen LogP contribution >= 0.6 is 0 Å². The Morgan fingerprint density at radius 2 is 1.86 bits per heavy atom. The molecule has 1 heterocycles. The van der Waals surface area contributed by atoms with Crippen molar-refractivity contribution in [1.29, 1.82) is 0 Å². The molecular weight excluding hydrogens is 190 g/mol. The van der Waals surface area contributed by atoms with Crippen molar-refractivity contribution >= 4 is 5.97 Å². The average molecular weight is 206 g/mol. The topological polar surface area (TPSA) is 26.3 Å². The van der Waals surface area contributed by atoms with Gasteiger partial charge in [0.05, 0.1) is 0 Å². The average Bonchev–Trinajstić information content (AvgIpc) is 2.11. The van der Waals surface area contributed by atoms with E-state index < -0.39 is 18.5 Å². The Bertz CT molecular complexity index is 223. The van der Waals surface area contributed by atoms with Gasteiger partial charge >= 0.3 is 5.97 Å². The van der Waals surface area contributed by atoms with Crippen molar-refractivity contribution in [2.24, 2.45) is 11.3 Å². The van der Waals surface area contributed by atoms with Crippen LogP contribution in [0.2, 0.25) is 0 Å². The molecule has 0 bridgehead atoms. The van der Waals surface area contributed by atoms with Crippen LogP contribution in [-0.4, -0.2) is 18.5 Å². The summed E-state index contributed by atoms with van der Waals surface area (Å²) in [5.74, 6) is -1.23. The summed E-state index contributed by atoms with van der Waals surface area (Å²) in [7, 11) is 0. The lowest BCUT2D eigenvalue weighted by atomic mass is 9.76. The highest BCUT2D eigenvalue weighted by Crippen LogP contribution is 2.37. The third-order valence-corrected chi connectivity index (χ3v) is 2.69. The minimum absolute atomic E-state index is 0.0583. The molecule has 4 heteroatoms. The Morgan fingerprint density at radius 3 is 2.36 bits per heavy atom. The van der Waals surface area contributed by atoms with E-state index in [9.17, 15) is 13.6 Å². The van der Waals surface area contributed by atoms with E-state index in [1.54, 1.807) is 0 Å². The molecular formula is C10H16F2O2. The Kier molecular flexibility index (Phi) is 3.12. The summed E-state index contributed by atoms with van der Waals surface area (Å²) in [5.41, 5.74) is -0.206. The number of carbonyl (C=O) groups is 1.